The van der Waals surface area contributed by atoms with E-state index in [1.807, 2.05) is 0 Å². The van der Waals surface area contributed by atoms with Gasteiger partial charge in [-0.15, -0.1) is 0 Å². The van der Waals surface area contributed by atoms with Crippen LogP contribution in [0.15, 0.2) is 0 Å². The van der Waals surface area contributed by atoms with Crippen molar-refractivity contribution in [2.24, 2.45) is 0 Å². The highest BCUT2D eigenvalue weighted by atomic mass is 16.3. The lowest BCUT2D eigenvalue weighted by molar-refractivity contribution is -0.160. The summed E-state index contributed by atoms with van der Waals surface area (Å²) in [4.78, 5) is 40.7. The first-order chi connectivity index (χ1) is 9.91. The average Bonchev–Trinajstić information content (AvgIpc) is 2.45. The molecule has 0 aliphatic carbocycles. The molecule has 2 atom stereocenters. The molecule has 2 saturated heterocycles. The Morgan fingerprint density at radius 1 is 1.29 bits per heavy atom. The van der Waals surface area contributed by atoms with E-state index in [0.29, 0.717) is 13.1 Å². The second-order valence-corrected chi connectivity index (χ2v) is 5.83. The van der Waals surface area contributed by atoms with Gasteiger partial charge in [0.1, 0.15) is 19.1 Å². The van der Waals surface area contributed by atoms with Crippen LogP contribution in [-0.4, -0.2) is 82.9 Å². The third-order valence-corrected chi connectivity index (χ3v) is 4.19. The molecule has 21 heavy (non-hydrogen) atoms. The summed E-state index contributed by atoms with van der Waals surface area (Å²) in [5.41, 5.74) is 0. The van der Waals surface area contributed by atoms with E-state index in [1.54, 1.807) is 4.90 Å². The van der Waals surface area contributed by atoms with Gasteiger partial charge in [-0.2, -0.15) is 0 Å². The van der Waals surface area contributed by atoms with E-state index in [-0.39, 0.29) is 30.8 Å². The largest absolute Gasteiger partial charge is 0.391 e. The zero-order valence-corrected chi connectivity index (χ0v) is 12.6. The van der Waals surface area contributed by atoms with E-state index in [1.165, 1.54) is 23.8 Å². The van der Waals surface area contributed by atoms with E-state index in [0.717, 1.165) is 19.3 Å². The summed E-state index contributed by atoms with van der Waals surface area (Å²) in [6.07, 6.45) is 2.13. The van der Waals surface area contributed by atoms with Crippen molar-refractivity contribution < 1.29 is 19.5 Å². The molecule has 2 unspecified atom stereocenters. The highest BCUT2D eigenvalue weighted by Crippen LogP contribution is 2.15. The van der Waals surface area contributed by atoms with Crippen molar-refractivity contribution in [3.63, 3.8) is 0 Å². The number of hydrogen-bond donors (Lipinski definition) is 1. The van der Waals surface area contributed by atoms with Crippen LogP contribution in [0, 0.1) is 0 Å². The van der Waals surface area contributed by atoms with Crippen molar-refractivity contribution in [2.75, 3.05) is 33.2 Å². The summed E-state index contributed by atoms with van der Waals surface area (Å²) in [5, 5.41) is 9.70. The number of carbonyl (C=O) groups is 3. The maximum Gasteiger partial charge on any atom is 0.248 e. The van der Waals surface area contributed by atoms with Crippen LogP contribution in [0.2, 0.25) is 0 Å². The van der Waals surface area contributed by atoms with Gasteiger partial charge in [-0.1, -0.05) is 0 Å². The van der Waals surface area contributed by atoms with Crippen LogP contribution in [0.3, 0.4) is 0 Å². The van der Waals surface area contributed by atoms with Gasteiger partial charge in [0.15, 0.2) is 0 Å². The Morgan fingerprint density at radius 2 is 1.90 bits per heavy atom. The van der Waals surface area contributed by atoms with Gasteiger partial charge >= 0.3 is 0 Å². The quantitative estimate of drug-likeness (QED) is 0.728. The lowest BCUT2D eigenvalue weighted by Gasteiger charge is -2.40. The Labute approximate surface area is 124 Å². The van der Waals surface area contributed by atoms with Crippen molar-refractivity contribution in [2.45, 2.75) is 38.3 Å². The predicted octanol–water partition coefficient (Wildman–Crippen LogP) is -0.951. The molecule has 2 aliphatic heterocycles. The second-order valence-electron chi connectivity index (χ2n) is 5.83. The molecule has 1 N–H and O–H groups in total. The van der Waals surface area contributed by atoms with Gasteiger partial charge in [0, 0.05) is 20.1 Å². The van der Waals surface area contributed by atoms with Gasteiger partial charge in [-0.25, -0.2) is 0 Å². The molecule has 0 bridgehead atoms. The van der Waals surface area contributed by atoms with Crippen molar-refractivity contribution in [3.05, 3.63) is 0 Å². The SMILES string of the molecule is CC(O)C1C(=O)N(CC(=O)N2CCCCC2)CC(=O)N1C. The van der Waals surface area contributed by atoms with E-state index in [4.69, 9.17) is 0 Å². The smallest absolute Gasteiger partial charge is 0.248 e. The molecule has 0 radical (unpaired) electrons. The third kappa shape index (κ3) is 3.34. The van der Waals surface area contributed by atoms with Crippen molar-refractivity contribution in [1.82, 2.24) is 14.7 Å². The van der Waals surface area contributed by atoms with Crippen LogP contribution in [-0.2, 0) is 14.4 Å². The van der Waals surface area contributed by atoms with E-state index in [9.17, 15) is 19.5 Å². The summed E-state index contributed by atoms with van der Waals surface area (Å²) in [6.45, 7) is 2.73. The fourth-order valence-corrected chi connectivity index (χ4v) is 2.93. The number of likely N-dealkylation sites (N-methyl/N-ethyl adjacent to an activating group) is 1. The predicted molar refractivity (Wildman–Crippen MR) is 75.2 cm³/mol. The summed E-state index contributed by atoms with van der Waals surface area (Å²) in [5.74, 6) is -0.742. The Hall–Kier alpha value is -1.63. The highest BCUT2D eigenvalue weighted by Gasteiger charge is 2.40. The first-order valence-electron chi connectivity index (χ1n) is 7.42. The first-order valence-corrected chi connectivity index (χ1v) is 7.42. The lowest BCUT2D eigenvalue weighted by Crippen LogP contribution is -2.63. The summed E-state index contributed by atoms with van der Waals surface area (Å²) in [7, 11) is 1.50. The Balaban J connectivity index is 2.03. The number of hydrogen-bond acceptors (Lipinski definition) is 4. The molecule has 118 valence electrons. The number of amides is 3. The standard InChI is InChI=1S/C14H23N3O4/c1-10(18)13-14(21)17(8-11(19)15(13)2)9-12(20)16-6-4-3-5-7-16/h10,13,18H,3-9H2,1-2H3. The number of aliphatic hydroxyl groups excluding tert-OH is 1. The van der Waals surface area contributed by atoms with Crippen LogP contribution in [0.4, 0.5) is 0 Å². The van der Waals surface area contributed by atoms with Gasteiger partial charge < -0.3 is 19.8 Å². The van der Waals surface area contributed by atoms with Crippen molar-refractivity contribution in [3.8, 4) is 0 Å². The fourth-order valence-electron chi connectivity index (χ4n) is 2.93. The molecule has 0 saturated carbocycles. The number of rotatable bonds is 3. The molecule has 0 spiro atoms. The van der Waals surface area contributed by atoms with Gasteiger partial charge in [0.05, 0.1) is 6.10 Å². The van der Waals surface area contributed by atoms with Crippen molar-refractivity contribution >= 4 is 17.7 Å². The topological polar surface area (TPSA) is 81.2 Å². The minimum atomic E-state index is -0.959. The molecule has 2 heterocycles. The maximum atomic E-state index is 12.3. The van der Waals surface area contributed by atoms with E-state index in [2.05, 4.69) is 0 Å². The van der Waals surface area contributed by atoms with Crippen LogP contribution >= 0.6 is 0 Å². The number of aliphatic hydroxyl groups is 1. The van der Waals surface area contributed by atoms with Gasteiger partial charge in [0.2, 0.25) is 17.7 Å². The Morgan fingerprint density at radius 3 is 2.48 bits per heavy atom. The van der Waals surface area contributed by atoms with Crippen molar-refractivity contribution in [1.29, 1.82) is 0 Å². The van der Waals surface area contributed by atoms with Crippen LogP contribution in [0.5, 0.6) is 0 Å². The molecular formula is C14H23N3O4. The molecule has 2 fully saturated rings. The monoisotopic (exact) mass is 297 g/mol. The molecule has 2 rings (SSSR count). The molecule has 7 nitrogen and oxygen atoms in total. The number of carbonyl (C=O) groups excluding carboxylic acids is 3. The van der Waals surface area contributed by atoms with E-state index < -0.39 is 12.1 Å². The van der Waals surface area contributed by atoms with Gasteiger partial charge in [-0.3, -0.25) is 14.4 Å². The Kier molecular flexibility index (Phi) is 4.82. The number of nitrogens with zero attached hydrogens (tertiary/aromatic N) is 3. The fraction of sp³-hybridized carbons (Fsp3) is 0.786. The molecule has 2 aliphatic rings. The summed E-state index contributed by atoms with van der Waals surface area (Å²) >= 11 is 0. The van der Waals surface area contributed by atoms with Crippen LogP contribution in [0.1, 0.15) is 26.2 Å². The minimum Gasteiger partial charge on any atom is -0.391 e. The number of likely N-dealkylation sites (tertiary alicyclic amines) is 1. The average molecular weight is 297 g/mol. The van der Waals surface area contributed by atoms with Crippen LogP contribution < -0.4 is 0 Å². The normalized spacial score (nSPS) is 25.3. The molecule has 0 aromatic carbocycles. The number of piperazine rings is 1. The zero-order chi connectivity index (χ0) is 15.6. The second kappa shape index (κ2) is 6.43. The van der Waals surface area contributed by atoms with Gasteiger partial charge in [-0.05, 0) is 26.2 Å². The molecule has 0 aromatic rings. The van der Waals surface area contributed by atoms with E-state index >= 15 is 0 Å². The lowest BCUT2D eigenvalue weighted by atomic mass is 10.1. The maximum absolute atomic E-state index is 12.3. The molecule has 3 amide bonds. The van der Waals surface area contributed by atoms with Gasteiger partial charge in [0.25, 0.3) is 0 Å². The summed E-state index contributed by atoms with van der Waals surface area (Å²) < 4.78 is 0. The highest BCUT2D eigenvalue weighted by molar-refractivity contribution is 5.97. The number of piperidine rings is 1. The third-order valence-electron chi connectivity index (χ3n) is 4.19. The first kappa shape index (κ1) is 15.8. The van der Waals surface area contributed by atoms with Crippen LogP contribution in [0.25, 0.3) is 0 Å². The summed E-state index contributed by atoms with van der Waals surface area (Å²) in [6, 6.07) is -0.902. The molecule has 7 heteroatoms. The Bertz CT molecular complexity index is 432. The zero-order valence-electron chi connectivity index (χ0n) is 12.6. The molecule has 0 aromatic heterocycles. The molecular weight excluding hydrogens is 274 g/mol. The minimum absolute atomic E-state index is 0.0817.